The molecule has 0 aliphatic carbocycles. The maximum atomic E-state index is 7.56. The predicted octanol–water partition coefficient (Wildman–Crippen LogP) is 1.81. The lowest BCUT2D eigenvalue weighted by molar-refractivity contribution is 1.00. The largest absolute Gasteiger partial charge is 0.292 e. The molecule has 1 aromatic rings. The van der Waals surface area contributed by atoms with Gasteiger partial charge in [0.05, 0.1) is 7.89 Å². The molecule has 1 nitrogen and oxygen atoms in total. The molecule has 0 fully saturated rings. The van der Waals surface area contributed by atoms with Gasteiger partial charge in [0.2, 0.25) is 0 Å². The van der Waals surface area contributed by atoms with Gasteiger partial charge in [0.25, 0.3) is 0 Å². The summed E-state index contributed by atoms with van der Waals surface area (Å²) in [5, 5.41) is 0. The summed E-state index contributed by atoms with van der Waals surface area (Å²) in [6.07, 6.45) is 2.70. The molecule has 10 heavy (non-hydrogen) atoms. The van der Waals surface area contributed by atoms with Gasteiger partial charge in [0, 0.05) is 12.6 Å². The average Bonchev–Trinajstić information content (AvgIpc) is 2.06. The maximum absolute atomic E-state index is 7.56. The van der Waals surface area contributed by atoms with Crippen LogP contribution in [0.15, 0.2) is 29.3 Å². The fourth-order valence-electron chi connectivity index (χ4n) is 1.13. The zero-order chi connectivity index (χ0) is 7.68. The van der Waals surface area contributed by atoms with Crippen LogP contribution in [0.1, 0.15) is 12.5 Å². The highest BCUT2D eigenvalue weighted by atomic mass is 14.7. The lowest BCUT2D eigenvalue weighted by Crippen LogP contribution is -1.99. The van der Waals surface area contributed by atoms with Crippen molar-refractivity contribution in [2.75, 3.05) is 0 Å². The van der Waals surface area contributed by atoms with Crippen LogP contribution in [-0.4, -0.2) is 6.21 Å². The molecule has 0 spiro atoms. The fraction of sp³-hybridized carbons (Fsp3) is 0.222. The summed E-state index contributed by atoms with van der Waals surface area (Å²) in [7, 11) is 0. The Kier molecular flexibility index (Phi) is 1.05. The Morgan fingerprint density at radius 1 is 1.30 bits per heavy atom. The molecule has 0 saturated carbocycles. The van der Waals surface area contributed by atoms with Crippen molar-refractivity contribution >= 4 is 6.21 Å². The van der Waals surface area contributed by atoms with Crippen LogP contribution < -0.4 is 0 Å². The third kappa shape index (κ3) is 0.838. The molecule has 1 aromatic carbocycles. The van der Waals surface area contributed by atoms with E-state index in [9.17, 15) is 0 Å². The first kappa shape index (κ1) is 4.67. The Bertz CT molecular complexity index is 293. The van der Waals surface area contributed by atoms with Crippen LogP contribution in [0.2, 0.25) is 0 Å². The normalized spacial score (nSPS) is 23.6. The second kappa shape index (κ2) is 2.25. The molecule has 1 aliphatic heterocycles. The molecule has 0 amide bonds. The minimum Gasteiger partial charge on any atom is -0.292 e. The van der Waals surface area contributed by atoms with Gasteiger partial charge in [0.15, 0.2) is 0 Å². The molecule has 1 heterocycles. The lowest BCUT2D eigenvalue weighted by atomic mass is 10.0. The molecular weight excluding hydrogens is 122 g/mol. The Labute approximate surface area is 61.8 Å². The fourth-order valence-corrected chi connectivity index (χ4v) is 1.13. The van der Waals surface area contributed by atoms with Crippen molar-refractivity contribution < 1.29 is 1.37 Å². The average molecular weight is 133 g/mol. The van der Waals surface area contributed by atoms with Crippen molar-refractivity contribution in [1.82, 2.24) is 0 Å². The molecule has 0 aromatic heterocycles. The number of nitrogens with zero attached hydrogens (tertiary/aromatic N) is 1. The van der Waals surface area contributed by atoms with Crippen LogP contribution in [0.25, 0.3) is 0 Å². The molecular formula is C9H9N. The molecule has 2 rings (SSSR count). The van der Waals surface area contributed by atoms with E-state index in [1.807, 2.05) is 24.4 Å². The molecule has 0 saturated heterocycles. The van der Waals surface area contributed by atoms with Crippen LogP contribution in [-0.2, 0) is 12.9 Å². The minimum absolute atomic E-state index is 0.389. The van der Waals surface area contributed by atoms with Crippen LogP contribution in [0.4, 0.5) is 0 Å². The van der Waals surface area contributed by atoms with Crippen LogP contribution in [0.3, 0.4) is 0 Å². The van der Waals surface area contributed by atoms with E-state index in [1.165, 1.54) is 5.56 Å². The molecule has 1 unspecified atom stereocenters. The summed E-state index contributed by atoms with van der Waals surface area (Å²) >= 11 is 0. The van der Waals surface area contributed by atoms with Gasteiger partial charge in [-0.05, 0) is 11.1 Å². The van der Waals surface area contributed by atoms with E-state index in [0.717, 1.165) is 12.0 Å². The first-order valence-electron chi connectivity index (χ1n) is 3.97. The van der Waals surface area contributed by atoms with Gasteiger partial charge < -0.3 is 0 Å². The minimum atomic E-state index is -0.389. The van der Waals surface area contributed by atoms with Crippen LogP contribution in [0, 0.1) is 0 Å². The molecule has 0 bridgehead atoms. The van der Waals surface area contributed by atoms with Crippen molar-refractivity contribution in [2.45, 2.75) is 12.9 Å². The summed E-state index contributed by atoms with van der Waals surface area (Å²) in [6.45, 7) is -0.389. The summed E-state index contributed by atoms with van der Waals surface area (Å²) in [5.74, 6) is 0. The van der Waals surface area contributed by atoms with E-state index in [1.54, 1.807) is 0 Å². The van der Waals surface area contributed by atoms with E-state index < -0.39 is 0 Å². The number of fused-ring (bicyclic) bond motifs is 1. The number of aliphatic imine (C=N–C) groups is 1. The van der Waals surface area contributed by atoms with Crippen molar-refractivity contribution in [3.63, 3.8) is 0 Å². The Morgan fingerprint density at radius 3 is 2.90 bits per heavy atom. The maximum Gasteiger partial charge on any atom is 0.0638 e. The van der Waals surface area contributed by atoms with Gasteiger partial charge in [-0.25, -0.2) is 0 Å². The number of rotatable bonds is 0. The highest BCUT2D eigenvalue weighted by molar-refractivity contribution is 5.64. The number of hydrogen-bond acceptors (Lipinski definition) is 1. The van der Waals surface area contributed by atoms with Crippen molar-refractivity contribution in [2.24, 2.45) is 4.99 Å². The number of benzene rings is 1. The Hall–Kier alpha value is -1.11. The van der Waals surface area contributed by atoms with E-state index in [4.69, 9.17) is 1.37 Å². The van der Waals surface area contributed by atoms with Crippen molar-refractivity contribution in [3.8, 4) is 0 Å². The summed E-state index contributed by atoms with van der Waals surface area (Å²) < 4.78 is 7.56. The zero-order valence-electron chi connectivity index (χ0n) is 6.62. The third-order valence-corrected chi connectivity index (χ3v) is 1.69. The van der Waals surface area contributed by atoms with Gasteiger partial charge in [0.1, 0.15) is 0 Å². The molecule has 0 radical (unpaired) electrons. The van der Waals surface area contributed by atoms with Gasteiger partial charge in [-0.15, -0.1) is 0 Å². The smallest absolute Gasteiger partial charge is 0.0638 e. The van der Waals surface area contributed by atoms with E-state index in [-0.39, 0.29) is 6.52 Å². The highest BCUT2D eigenvalue weighted by Crippen LogP contribution is 2.12. The quantitative estimate of drug-likeness (QED) is 0.512. The number of hydrogen-bond donors (Lipinski definition) is 0. The lowest BCUT2D eigenvalue weighted by Gasteiger charge is -2.08. The van der Waals surface area contributed by atoms with Crippen LogP contribution in [0.5, 0.6) is 0 Å². The molecule has 1 aliphatic rings. The Morgan fingerprint density at radius 2 is 2.10 bits per heavy atom. The van der Waals surface area contributed by atoms with Crippen molar-refractivity contribution in [1.29, 1.82) is 0 Å². The predicted molar refractivity (Wildman–Crippen MR) is 42.3 cm³/mol. The first-order valence-corrected chi connectivity index (χ1v) is 3.39. The second-order valence-electron chi connectivity index (χ2n) is 2.36. The van der Waals surface area contributed by atoms with E-state index >= 15 is 0 Å². The van der Waals surface area contributed by atoms with E-state index in [2.05, 4.69) is 11.1 Å². The monoisotopic (exact) mass is 133 g/mol. The van der Waals surface area contributed by atoms with E-state index in [0.29, 0.717) is 0 Å². The first-order chi connectivity index (χ1) is 5.38. The van der Waals surface area contributed by atoms with Crippen molar-refractivity contribution in [3.05, 3.63) is 35.4 Å². The SMILES string of the molecule is [3H]C1N=CCc2ccccc21. The van der Waals surface area contributed by atoms with Gasteiger partial charge >= 0.3 is 0 Å². The van der Waals surface area contributed by atoms with Gasteiger partial charge in [-0.1, -0.05) is 24.3 Å². The van der Waals surface area contributed by atoms with Gasteiger partial charge in [-0.3, -0.25) is 4.99 Å². The highest BCUT2D eigenvalue weighted by Gasteiger charge is 2.01. The topological polar surface area (TPSA) is 12.4 Å². The standard InChI is InChI=1S/C9H9N/c1-2-4-9-7-10-6-5-8(9)3-1/h1-4,6H,5,7H2/i7T. The molecule has 0 N–H and O–H groups in total. The third-order valence-electron chi connectivity index (χ3n) is 1.69. The molecule has 1 atom stereocenters. The molecule has 50 valence electrons. The summed E-state index contributed by atoms with van der Waals surface area (Å²) in [6, 6.07) is 8.00. The Balaban J connectivity index is 2.50. The summed E-state index contributed by atoms with van der Waals surface area (Å²) in [4.78, 5) is 4.01. The summed E-state index contributed by atoms with van der Waals surface area (Å²) in [5.41, 5.74) is 2.29. The van der Waals surface area contributed by atoms with Gasteiger partial charge in [-0.2, -0.15) is 0 Å². The second-order valence-corrected chi connectivity index (χ2v) is 2.36. The van der Waals surface area contributed by atoms with Crippen LogP contribution >= 0.6 is 0 Å². The zero-order valence-corrected chi connectivity index (χ0v) is 5.62. The molecule has 1 heteroatoms.